The lowest BCUT2D eigenvalue weighted by molar-refractivity contribution is -0.384. The second-order valence-electron chi connectivity index (χ2n) is 4.30. The van der Waals surface area contributed by atoms with Gasteiger partial charge < -0.3 is 10.6 Å². The SMILES string of the molecule is CCNc1ccc([N+](=O)[O-])c(NCCCNS(C)(=O)=O)n1. The summed E-state index contributed by atoms with van der Waals surface area (Å²) >= 11 is 0. The van der Waals surface area contributed by atoms with Crippen molar-refractivity contribution in [1.29, 1.82) is 0 Å². The molecule has 10 heteroatoms. The van der Waals surface area contributed by atoms with Crippen molar-refractivity contribution in [2.75, 3.05) is 36.5 Å². The maximum absolute atomic E-state index is 10.9. The van der Waals surface area contributed by atoms with Crippen LogP contribution in [-0.4, -0.2) is 44.2 Å². The van der Waals surface area contributed by atoms with E-state index in [-0.39, 0.29) is 18.1 Å². The molecule has 0 aromatic carbocycles. The molecule has 0 aliphatic heterocycles. The molecule has 3 N–H and O–H groups in total. The Kier molecular flexibility index (Phi) is 6.31. The first kappa shape index (κ1) is 17.1. The van der Waals surface area contributed by atoms with Crippen LogP contribution in [0, 0.1) is 10.1 Å². The minimum Gasteiger partial charge on any atom is -0.370 e. The van der Waals surface area contributed by atoms with Crippen LogP contribution in [-0.2, 0) is 10.0 Å². The van der Waals surface area contributed by atoms with Crippen molar-refractivity contribution in [3.8, 4) is 0 Å². The zero-order chi connectivity index (χ0) is 15.9. The highest BCUT2D eigenvalue weighted by Gasteiger charge is 2.15. The highest BCUT2D eigenvalue weighted by atomic mass is 32.2. The first-order valence-corrected chi connectivity index (χ1v) is 8.30. The minimum atomic E-state index is -3.22. The predicted octanol–water partition coefficient (Wildman–Crippen LogP) is 0.773. The van der Waals surface area contributed by atoms with Crippen molar-refractivity contribution in [3.63, 3.8) is 0 Å². The third kappa shape index (κ3) is 6.36. The summed E-state index contributed by atoms with van der Waals surface area (Å²) in [6, 6.07) is 2.92. The molecule has 118 valence electrons. The van der Waals surface area contributed by atoms with E-state index < -0.39 is 14.9 Å². The number of nitrogens with zero attached hydrogens (tertiary/aromatic N) is 2. The van der Waals surface area contributed by atoms with E-state index in [4.69, 9.17) is 0 Å². The molecule has 1 heterocycles. The summed E-state index contributed by atoms with van der Waals surface area (Å²) in [4.78, 5) is 14.5. The average Bonchev–Trinajstić information content (AvgIpc) is 2.37. The van der Waals surface area contributed by atoms with Gasteiger partial charge in [0.25, 0.3) is 0 Å². The van der Waals surface area contributed by atoms with Crippen LogP contribution in [0.3, 0.4) is 0 Å². The maximum Gasteiger partial charge on any atom is 0.311 e. The minimum absolute atomic E-state index is 0.118. The number of anilines is 2. The number of nitro groups is 1. The number of aromatic nitrogens is 1. The molecule has 1 rings (SSSR count). The molecule has 0 saturated carbocycles. The third-order valence-electron chi connectivity index (χ3n) is 2.44. The van der Waals surface area contributed by atoms with E-state index in [0.717, 1.165) is 6.26 Å². The third-order valence-corrected chi connectivity index (χ3v) is 3.17. The van der Waals surface area contributed by atoms with Gasteiger partial charge in [-0.1, -0.05) is 0 Å². The number of hydrogen-bond acceptors (Lipinski definition) is 7. The zero-order valence-electron chi connectivity index (χ0n) is 11.9. The van der Waals surface area contributed by atoms with E-state index >= 15 is 0 Å². The quantitative estimate of drug-likeness (QED) is 0.349. The molecular weight excluding hydrogens is 298 g/mol. The molecule has 1 aromatic heterocycles. The van der Waals surface area contributed by atoms with Crippen molar-refractivity contribution in [2.24, 2.45) is 0 Å². The smallest absolute Gasteiger partial charge is 0.311 e. The van der Waals surface area contributed by atoms with E-state index in [2.05, 4.69) is 20.3 Å². The molecule has 0 atom stereocenters. The molecule has 0 aliphatic carbocycles. The van der Waals surface area contributed by atoms with Gasteiger partial charge in [0.05, 0.1) is 11.2 Å². The number of rotatable bonds is 9. The molecule has 0 aliphatic rings. The molecule has 21 heavy (non-hydrogen) atoms. The van der Waals surface area contributed by atoms with Crippen LogP contribution in [0.15, 0.2) is 12.1 Å². The van der Waals surface area contributed by atoms with Crippen LogP contribution in [0.5, 0.6) is 0 Å². The Hall–Kier alpha value is -1.94. The maximum atomic E-state index is 10.9. The highest BCUT2D eigenvalue weighted by Crippen LogP contribution is 2.23. The lowest BCUT2D eigenvalue weighted by atomic mass is 10.3. The summed E-state index contributed by atoms with van der Waals surface area (Å²) in [7, 11) is -3.22. The fraction of sp³-hybridized carbons (Fsp3) is 0.545. The molecular formula is C11H19N5O4S. The molecule has 0 radical (unpaired) electrons. The van der Waals surface area contributed by atoms with Crippen molar-refractivity contribution < 1.29 is 13.3 Å². The van der Waals surface area contributed by atoms with Crippen LogP contribution in [0.4, 0.5) is 17.3 Å². The Bertz CT molecular complexity index is 590. The largest absolute Gasteiger partial charge is 0.370 e. The topological polar surface area (TPSA) is 126 Å². The standard InChI is InChI=1S/C11H19N5O4S/c1-3-12-10-6-5-9(16(17)18)11(15-10)13-7-4-8-14-21(2,19)20/h5-6,14H,3-4,7-8H2,1-2H3,(H2,12,13,15). The van der Waals surface area contributed by atoms with Gasteiger partial charge >= 0.3 is 5.69 Å². The Balaban J connectivity index is 2.63. The number of pyridine rings is 1. The fourth-order valence-corrected chi connectivity index (χ4v) is 2.08. The Labute approximate surface area is 123 Å². The lowest BCUT2D eigenvalue weighted by Gasteiger charge is -2.09. The van der Waals surface area contributed by atoms with Gasteiger partial charge in [0.15, 0.2) is 0 Å². The van der Waals surface area contributed by atoms with Crippen LogP contribution in [0.25, 0.3) is 0 Å². The molecule has 9 nitrogen and oxygen atoms in total. The first-order chi connectivity index (χ1) is 9.83. The van der Waals surface area contributed by atoms with Gasteiger partial charge in [-0.25, -0.2) is 18.1 Å². The second-order valence-corrected chi connectivity index (χ2v) is 6.13. The first-order valence-electron chi connectivity index (χ1n) is 6.41. The summed E-state index contributed by atoms with van der Waals surface area (Å²) in [5.74, 6) is 0.706. The molecule has 0 unspecified atom stereocenters. The fourth-order valence-electron chi connectivity index (χ4n) is 1.56. The summed E-state index contributed by atoms with van der Waals surface area (Å²) in [5, 5.41) is 16.7. The highest BCUT2D eigenvalue weighted by molar-refractivity contribution is 7.88. The van der Waals surface area contributed by atoms with E-state index in [1.807, 2.05) is 6.92 Å². The van der Waals surface area contributed by atoms with Gasteiger partial charge in [0, 0.05) is 25.7 Å². The van der Waals surface area contributed by atoms with Crippen LogP contribution >= 0.6 is 0 Å². The lowest BCUT2D eigenvalue weighted by Crippen LogP contribution is -2.24. The van der Waals surface area contributed by atoms with Crippen molar-refractivity contribution in [3.05, 3.63) is 22.2 Å². The summed E-state index contributed by atoms with van der Waals surface area (Å²) < 4.78 is 24.1. The number of hydrogen-bond donors (Lipinski definition) is 3. The molecule has 0 saturated heterocycles. The number of nitrogens with one attached hydrogen (secondary N) is 3. The summed E-state index contributed by atoms with van der Waals surface area (Å²) in [6.45, 7) is 3.17. The van der Waals surface area contributed by atoms with E-state index in [0.29, 0.717) is 25.3 Å². The second kappa shape index (κ2) is 7.74. The van der Waals surface area contributed by atoms with Crippen molar-refractivity contribution >= 4 is 27.3 Å². The summed E-state index contributed by atoms with van der Waals surface area (Å²) in [6.07, 6.45) is 1.56. The zero-order valence-corrected chi connectivity index (χ0v) is 12.7. The van der Waals surface area contributed by atoms with Crippen LogP contribution in [0.2, 0.25) is 0 Å². The molecule has 0 amide bonds. The molecule has 0 fully saturated rings. The Morgan fingerprint density at radius 3 is 2.57 bits per heavy atom. The van der Waals surface area contributed by atoms with Gasteiger partial charge in [-0.15, -0.1) is 0 Å². The van der Waals surface area contributed by atoms with Crippen molar-refractivity contribution in [2.45, 2.75) is 13.3 Å². The van der Waals surface area contributed by atoms with Crippen LogP contribution in [0.1, 0.15) is 13.3 Å². The number of sulfonamides is 1. The molecule has 0 bridgehead atoms. The van der Waals surface area contributed by atoms with Crippen molar-refractivity contribution in [1.82, 2.24) is 9.71 Å². The average molecular weight is 317 g/mol. The van der Waals surface area contributed by atoms with Gasteiger partial charge in [-0.05, 0) is 19.4 Å². The van der Waals surface area contributed by atoms with Gasteiger partial charge in [0.2, 0.25) is 15.8 Å². The van der Waals surface area contributed by atoms with E-state index in [9.17, 15) is 18.5 Å². The normalized spacial score (nSPS) is 11.1. The molecule has 0 spiro atoms. The van der Waals surface area contributed by atoms with Crippen LogP contribution < -0.4 is 15.4 Å². The van der Waals surface area contributed by atoms with Gasteiger partial charge in [-0.3, -0.25) is 10.1 Å². The predicted molar refractivity (Wildman–Crippen MR) is 81.0 cm³/mol. The Morgan fingerprint density at radius 1 is 1.29 bits per heavy atom. The van der Waals surface area contributed by atoms with E-state index in [1.54, 1.807) is 0 Å². The van der Waals surface area contributed by atoms with Gasteiger partial charge in [0.1, 0.15) is 5.82 Å². The Morgan fingerprint density at radius 2 is 2.00 bits per heavy atom. The molecule has 1 aromatic rings. The summed E-state index contributed by atoms with van der Waals surface area (Å²) in [5.41, 5.74) is -0.118. The monoisotopic (exact) mass is 317 g/mol. The van der Waals surface area contributed by atoms with Gasteiger partial charge in [-0.2, -0.15) is 0 Å². The van der Waals surface area contributed by atoms with E-state index in [1.165, 1.54) is 12.1 Å².